The molecule has 0 radical (unpaired) electrons. The van der Waals surface area contributed by atoms with Gasteiger partial charge in [-0.25, -0.2) is 4.98 Å². The molecule has 0 aliphatic carbocycles. The van der Waals surface area contributed by atoms with Gasteiger partial charge in [-0.1, -0.05) is 84.6 Å². The monoisotopic (exact) mass is 403 g/mol. The number of carbonyl (C=O) groups excluding carboxylic acids is 2. The molecule has 0 aliphatic rings. The molecular weight excluding hydrogens is 386 g/mol. The molecule has 0 spiro atoms. The molecule has 1 heterocycles. The van der Waals surface area contributed by atoms with Crippen molar-refractivity contribution in [2.45, 2.75) is 11.3 Å². The van der Waals surface area contributed by atoms with Crippen LogP contribution in [-0.2, 0) is 9.53 Å². The second-order valence-electron chi connectivity index (χ2n) is 6.25. The predicted molar refractivity (Wildman–Crippen MR) is 111 cm³/mol. The van der Waals surface area contributed by atoms with Gasteiger partial charge in [-0.05, 0) is 12.1 Å². The number of fused-ring (bicyclic) bond motifs is 1. The Kier molecular flexibility index (Phi) is 5.72. The fraction of sp³-hybridized carbons (Fsp3) is 0.0870. The van der Waals surface area contributed by atoms with Crippen molar-refractivity contribution < 1.29 is 18.7 Å². The molecule has 0 saturated carbocycles. The number of ketones is 1. The topological polar surface area (TPSA) is 69.4 Å². The SMILES string of the molecule is O=C(CSc1nc2ccccc2o1)OC(C(=O)c1ccccc1)c1ccccc1. The Morgan fingerprint density at radius 2 is 1.55 bits per heavy atom. The number of rotatable bonds is 7. The molecule has 3 aromatic carbocycles. The highest BCUT2D eigenvalue weighted by molar-refractivity contribution is 7.99. The maximum atomic E-state index is 13.0. The van der Waals surface area contributed by atoms with E-state index in [-0.39, 0.29) is 11.5 Å². The fourth-order valence-electron chi connectivity index (χ4n) is 2.85. The van der Waals surface area contributed by atoms with Gasteiger partial charge < -0.3 is 9.15 Å². The van der Waals surface area contributed by atoms with Gasteiger partial charge in [0.2, 0.25) is 5.78 Å². The summed E-state index contributed by atoms with van der Waals surface area (Å²) in [6, 6.07) is 25.2. The van der Waals surface area contributed by atoms with Crippen molar-refractivity contribution in [3.05, 3.63) is 96.1 Å². The van der Waals surface area contributed by atoms with Crippen molar-refractivity contribution in [1.29, 1.82) is 0 Å². The normalized spacial score (nSPS) is 11.9. The van der Waals surface area contributed by atoms with Crippen molar-refractivity contribution in [2.24, 2.45) is 0 Å². The zero-order chi connectivity index (χ0) is 20.1. The number of hydrogen-bond donors (Lipinski definition) is 0. The molecule has 1 atom stereocenters. The van der Waals surface area contributed by atoms with Gasteiger partial charge in [-0.3, -0.25) is 9.59 Å². The van der Waals surface area contributed by atoms with Crippen LogP contribution in [0.1, 0.15) is 22.0 Å². The number of nitrogens with zero attached hydrogens (tertiary/aromatic N) is 1. The average molecular weight is 403 g/mol. The van der Waals surface area contributed by atoms with Crippen LogP contribution >= 0.6 is 11.8 Å². The first-order valence-corrected chi connectivity index (χ1v) is 10.0. The molecule has 5 nitrogen and oxygen atoms in total. The smallest absolute Gasteiger partial charge is 0.317 e. The summed E-state index contributed by atoms with van der Waals surface area (Å²) in [5.41, 5.74) is 2.50. The van der Waals surface area contributed by atoms with Gasteiger partial charge in [0.1, 0.15) is 11.3 Å². The van der Waals surface area contributed by atoms with Crippen molar-refractivity contribution >= 4 is 34.6 Å². The summed E-state index contributed by atoms with van der Waals surface area (Å²) in [5, 5.41) is 0.383. The Hall–Kier alpha value is -3.38. The zero-order valence-electron chi connectivity index (χ0n) is 15.4. The van der Waals surface area contributed by atoms with Gasteiger partial charge in [0.05, 0.1) is 0 Å². The zero-order valence-corrected chi connectivity index (χ0v) is 16.2. The van der Waals surface area contributed by atoms with E-state index in [2.05, 4.69) is 4.98 Å². The summed E-state index contributed by atoms with van der Waals surface area (Å²) in [6.07, 6.45) is -1.00. The molecule has 4 rings (SSSR count). The molecule has 0 amide bonds. The number of carbonyl (C=O) groups is 2. The Balaban J connectivity index is 1.48. The van der Waals surface area contributed by atoms with Crippen LogP contribution in [0, 0.1) is 0 Å². The summed E-state index contributed by atoms with van der Waals surface area (Å²) in [6.45, 7) is 0. The van der Waals surface area contributed by atoms with Crippen LogP contribution in [-0.4, -0.2) is 22.5 Å². The molecule has 0 bridgehead atoms. The fourth-order valence-corrected chi connectivity index (χ4v) is 3.47. The third-order valence-corrected chi connectivity index (χ3v) is 5.04. The largest absolute Gasteiger partial charge is 0.448 e. The van der Waals surface area contributed by atoms with Gasteiger partial charge in [0.25, 0.3) is 5.22 Å². The summed E-state index contributed by atoms with van der Waals surface area (Å²) < 4.78 is 11.2. The van der Waals surface area contributed by atoms with E-state index in [1.807, 2.05) is 48.5 Å². The maximum absolute atomic E-state index is 13.0. The van der Waals surface area contributed by atoms with Crippen molar-refractivity contribution in [3.63, 3.8) is 0 Å². The van der Waals surface area contributed by atoms with Crippen LogP contribution in [0.5, 0.6) is 0 Å². The van der Waals surface area contributed by atoms with Gasteiger partial charge in [-0.15, -0.1) is 0 Å². The van der Waals surface area contributed by atoms with E-state index in [1.165, 1.54) is 0 Å². The minimum atomic E-state index is -1.00. The average Bonchev–Trinajstić information content (AvgIpc) is 3.20. The third-order valence-electron chi connectivity index (χ3n) is 4.24. The Bertz CT molecular complexity index is 1090. The van der Waals surface area contributed by atoms with Crippen molar-refractivity contribution in [3.8, 4) is 0 Å². The van der Waals surface area contributed by atoms with E-state index < -0.39 is 12.1 Å². The standard InChI is InChI=1S/C23H17NO4S/c25-20(15-29-23-24-18-13-7-8-14-19(18)27-23)28-22(17-11-5-2-6-12-17)21(26)16-9-3-1-4-10-16/h1-14,22H,15H2. The number of benzene rings is 3. The highest BCUT2D eigenvalue weighted by Crippen LogP contribution is 2.26. The van der Waals surface area contributed by atoms with E-state index in [0.717, 1.165) is 17.3 Å². The van der Waals surface area contributed by atoms with Gasteiger partial charge >= 0.3 is 5.97 Å². The lowest BCUT2D eigenvalue weighted by molar-refractivity contribution is -0.144. The number of para-hydroxylation sites is 2. The number of ether oxygens (including phenoxy) is 1. The lowest BCUT2D eigenvalue weighted by atomic mass is 10.00. The number of Topliss-reactive ketones (excluding diaryl/α,β-unsaturated/α-hetero) is 1. The van der Waals surface area contributed by atoms with Crippen LogP contribution in [0.4, 0.5) is 0 Å². The number of aromatic nitrogens is 1. The molecule has 0 aliphatic heterocycles. The minimum Gasteiger partial charge on any atom is -0.448 e. The van der Waals surface area contributed by atoms with Gasteiger partial charge in [-0.2, -0.15) is 0 Å². The Morgan fingerprint density at radius 1 is 0.897 bits per heavy atom. The summed E-state index contributed by atoms with van der Waals surface area (Å²) >= 11 is 1.14. The van der Waals surface area contributed by atoms with E-state index in [1.54, 1.807) is 36.4 Å². The molecule has 0 fully saturated rings. The second kappa shape index (κ2) is 8.75. The molecule has 0 N–H and O–H groups in total. The molecule has 1 aromatic heterocycles. The Labute approximate surface area is 171 Å². The minimum absolute atomic E-state index is 0.0156. The molecular formula is C23H17NO4S. The van der Waals surface area contributed by atoms with E-state index in [9.17, 15) is 9.59 Å². The van der Waals surface area contributed by atoms with E-state index >= 15 is 0 Å². The molecule has 144 valence electrons. The van der Waals surface area contributed by atoms with Crippen LogP contribution < -0.4 is 0 Å². The van der Waals surface area contributed by atoms with Crippen LogP contribution in [0.25, 0.3) is 11.1 Å². The van der Waals surface area contributed by atoms with Crippen molar-refractivity contribution in [1.82, 2.24) is 4.98 Å². The van der Waals surface area contributed by atoms with E-state index in [0.29, 0.717) is 21.9 Å². The summed E-state index contributed by atoms with van der Waals surface area (Å²) in [5.74, 6) is -0.800. The van der Waals surface area contributed by atoms with Crippen LogP contribution in [0.15, 0.2) is 94.6 Å². The first-order chi connectivity index (χ1) is 14.2. The number of esters is 1. The quantitative estimate of drug-likeness (QED) is 0.243. The number of thioether (sulfide) groups is 1. The summed E-state index contributed by atoms with van der Waals surface area (Å²) in [4.78, 5) is 29.8. The first-order valence-electron chi connectivity index (χ1n) is 9.03. The van der Waals surface area contributed by atoms with Crippen LogP contribution in [0.3, 0.4) is 0 Å². The lowest BCUT2D eigenvalue weighted by Gasteiger charge is -2.17. The summed E-state index contributed by atoms with van der Waals surface area (Å²) in [7, 11) is 0. The van der Waals surface area contributed by atoms with Gasteiger partial charge in [0, 0.05) is 11.1 Å². The second-order valence-corrected chi connectivity index (χ2v) is 7.17. The highest BCUT2D eigenvalue weighted by Gasteiger charge is 2.26. The van der Waals surface area contributed by atoms with Crippen LogP contribution in [0.2, 0.25) is 0 Å². The highest BCUT2D eigenvalue weighted by atomic mass is 32.2. The molecule has 4 aromatic rings. The number of hydrogen-bond acceptors (Lipinski definition) is 6. The molecule has 29 heavy (non-hydrogen) atoms. The molecule has 1 unspecified atom stereocenters. The molecule has 0 saturated heterocycles. The third kappa shape index (κ3) is 4.55. The maximum Gasteiger partial charge on any atom is 0.317 e. The Morgan fingerprint density at radius 3 is 2.28 bits per heavy atom. The lowest BCUT2D eigenvalue weighted by Crippen LogP contribution is -2.21. The predicted octanol–water partition coefficient (Wildman–Crippen LogP) is 5.09. The molecule has 6 heteroatoms. The van der Waals surface area contributed by atoms with E-state index in [4.69, 9.17) is 9.15 Å². The van der Waals surface area contributed by atoms with Crippen molar-refractivity contribution in [2.75, 3.05) is 5.75 Å². The first kappa shape index (κ1) is 19.0. The number of oxazole rings is 1. The van der Waals surface area contributed by atoms with Gasteiger partial charge in [0.15, 0.2) is 11.7 Å².